The maximum atomic E-state index is 13.8. The molecule has 1 amide bonds. The van der Waals surface area contributed by atoms with Crippen LogP contribution < -0.4 is 5.73 Å². The molecule has 1 aliphatic heterocycles. The first-order valence-corrected chi connectivity index (χ1v) is 8.49. The van der Waals surface area contributed by atoms with Gasteiger partial charge in [0.1, 0.15) is 10.7 Å². The van der Waals surface area contributed by atoms with Gasteiger partial charge in [-0.15, -0.1) is 11.3 Å². The Morgan fingerprint density at radius 2 is 2.05 bits per heavy atom. The van der Waals surface area contributed by atoms with Crippen LogP contribution in [0.1, 0.15) is 9.67 Å². The van der Waals surface area contributed by atoms with Gasteiger partial charge in [-0.2, -0.15) is 0 Å². The highest BCUT2D eigenvalue weighted by Crippen LogP contribution is 2.36. The Labute approximate surface area is 121 Å². The highest BCUT2D eigenvalue weighted by Gasteiger charge is 2.26. The smallest absolute Gasteiger partial charge is 0.266 e. The van der Waals surface area contributed by atoms with Gasteiger partial charge in [0.15, 0.2) is 0 Å². The van der Waals surface area contributed by atoms with Crippen molar-refractivity contribution in [3.05, 3.63) is 28.9 Å². The Balaban J connectivity index is 1.98. The number of nitrogens with zero attached hydrogens (tertiary/aromatic N) is 1. The average molecular weight is 312 g/mol. The molecule has 0 spiro atoms. The molecule has 0 bridgehead atoms. The number of nitrogen functional groups attached to an aromatic ring is 1. The van der Waals surface area contributed by atoms with Crippen LogP contribution in [0.2, 0.25) is 0 Å². The number of thiophene rings is 1. The largest absolute Gasteiger partial charge is 0.397 e. The molecule has 0 radical (unpaired) electrons. The van der Waals surface area contributed by atoms with Gasteiger partial charge in [-0.05, 0) is 12.1 Å². The zero-order valence-electron chi connectivity index (χ0n) is 10.6. The standard InChI is InChI=1S/C13H13FN2O2S2/c14-8-2-1-3-9-10(8)11(15)12(19-9)13(17)16-4-6-20(18)7-5-16/h1-3H,4-7,15H2. The molecule has 1 aromatic carbocycles. The molecule has 0 atom stereocenters. The predicted octanol–water partition coefficient (Wildman–Crippen LogP) is 1.83. The van der Waals surface area contributed by atoms with Gasteiger partial charge >= 0.3 is 0 Å². The van der Waals surface area contributed by atoms with Gasteiger partial charge in [-0.3, -0.25) is 9.00 Å². The van der Waals surface area contributed by atoms with E-state index in [1.807, 2.05) is 0 Å². The summed E-state index contributed by atoms with van der Waals surface area (Å²) in [6.45, 7) is 0.920. The molecular weight excluding hydrogens is 299 g/mol. The molecule has 0 saturated carbocycles. The molecule has 3 rings (SSSR count). The quantitative estimate of drug-likeness (QED) is 0.874. The molecule has 1 fully saturated rings. The highest BCUT2D eigenvalue weighted by molar-refractivity contribution is 7.85. The Bertz CT molecular complexity index is 704. The van der Waals surface area contributed by atoms with Gasteiger partial charge in [-0.25, -0.2) is 4.39 Å². The van der Waals surface area contributed by atoms with Crippen molar-refractivity contribution in [1.29, 1.82) is 0 Å². The summed E-state index contributed by atoms with van der Waals surface area (Å²) < 4.78 is 25.8. The van der Waals surface area contributed by atoms with Crippen molar-refractivity contribution in [3.8, 4) is 0 Å². The van der Waals surface area contributed by atoms with Crippen molar-refractivity contribution in [3.63, 3.8) is 0 Å². The molecule has 1 aromatic heterocycles. The zero-order valence-corrected chi connectivity index (χ0v) is 12.2. The lowest BCUT2D eigenvalue weighted by Gasteiger charge is -2.25. The van der Waals surface area contributed by atoms with E-state index in [-0.39, 0.29) is 11.6 Å². The van der Waals surface area contributed by atoms with E-state index in [9.17, 15) is 13.4 Å². The fraction of sp³-hybridized carbons (Fsp3) is 0.308. The number of hydrogen-bond donors (Lipinski definition) is 1. The van der Waals surface area contributed by atoms with Crippen molar-refractivity contribution in [1.82, 2.24) is 4.90 Å². The minimum Gasteiger partial charge on any atom is -0.397 e. The molecule has 0 aliphatic carbocycles. The minimum atomic E-state index is -0.839. The first-order valence-electron chi connectivity index (χ1n) is 6.18. The molecule has 1 saturated heterocycles. The maximum Gasteiger partial charge on any atom is 0.266 e. The van der Waals surface area contributed by atoms with Crippen LogP contribution in [0.15, 0.2) is 18.2 Å². The van der Waals surface area contributed by atoms with E-state index in [1.165, 1.54) is 17.4 Å². The number of rotatable bonds is 1. The van der Waals surface area contributed by atoms with E-state index >= 15 is 0 Å². The fourth-order valence-electron chi connectivity index (χ4n) is 2.27. The minimum absolute atomic E-state index is 0.195. The monoisotopic (exact) mass is 312 g/mol. The lowest BCUT2D eigenvalue weighted by Crippen LogP contribution is -2.41. The van der Waals surface area contributed by atoms with E-state index in [2.05, 4.69) is 0 Å². The van der Waals surface area contributed by atoms with Gasteiger partial charge in [0.2, 0.25) is 0 Å². The maximum absolute atomic E-state index is 13.8. The number of anilines is 1. The predicted molar refractivity (Wildman–Crippen MR) is 80.0 cm³/mol. The molecule has 2 N–H and O–H groups in total. The third-order valence-corrected chi connectivity index (χ3v) is 5.80. The van der Waals surface area contributed by atoms with E-state index in [0.29, 0.717) is 39.6 Å². The molecular formula is C13H13FN2O2S2. The SMILES string of the molecule is Nc1c(C(=O)N2CCS(=O)CC2)sc2cccc(F)c12. The lowest BCUT2D eigenvalue weighted by atomic mass is 10.2. The van der Waals surface area contributed by atoms with Crippen molar-refractivity contribution < 1.29 is 13.4 Å². The number of nitrogens with two attached hydrogens (primary N) is 1. The Morgan fingerprint density at radius 3 is 2.70 bits per heavy atom. The number of halogens is 1. The normalized spacial score (nSPS) is 16.8. The van der Waals surface area contributed by atoms with Crippen LogP contribution in [0, 0.1) is 5.82 Å². The van der Waals surface area contributed by atoms with E-state index in [1.54, 1.807) is 17.0 Å². The molecule has 2 aromatic rings. The van der Waals surface area contributed by atoms with Crippen LogP contribution in [-0.4, -0.2) is 39.6 Å². The zero-order chi connectivity index (χ0) is 14.3. The third kappa shape index (κ3) is 2.20. The van der Waals surface area contributed by atoms with Crippen molar-refractivity contribution in [2.75, 3.05) is 30.3 Å². The van der Waals surface area contributed by atoms with Crippen molar-refractivity contribution in [2.45, 2.75) is 0 Å². The van der Waals surface area contributed by atoms with E-state index < -0.39 is 16.6 Å². The number of fused-ring (bicyclic) bond motifs is 1. The second-order valence-corrected chi connectivity index (χ2v) is 7.35. The molecule has 7 heteroatoms. The summed E-state index contributed by atoms with van der Waals surface area (Å²) in [5.74, 6) is 0.380. The lowest BCUT2D eigenvalue weighted by molar-refractivity contribution is 0.0777. The number of amides is 1. The van der Waals surface area contributed by atoms with Gasteiger partial charge in [-0.1, -0.05) is 6.07 Å². The molecule has 4 nitrogen and oxygen atoms in total. The van der Waals surface area contributed by atoms with Gasteiger partial charge in [0, 0.05) is 40.1 Å². The van der Waals surface area contributed by atoms with Crippen molar-refractivity contribution in [2.24, 2.45) is 0 Å². The first kappa shape index (κ1) is 13.5. The Hall–Kier alpha value is -1.47. The highest BCUT2D eigenvalue weighted by atomic mass is 32.2. The molecule has 2 heterocycles. The van der Waals surface area contributed by atoms with Crippen LogP contribution in [0.4, 0.5) is 10.1 Å². The second kappa shape index (κ2) is 5.14. The Morgan fingerprint density at radius 1 is 1.35 bits per heavy atom. The summed E-state index contributed by atoms with van der Waals surface area (Å²) in [6.07, 6.45) is 0. The third-order valence-electron chi connectivity index (χ3n) is 3.36. The van der Waals surface area contributed by atoms with Gasteiger partial charge in [0.05, 0.1) is 11.1 Å². The topological polar surface area (TPSA) is 63.4 Å². The first-order chi connectivity index (χ1) is 9.58. The molecule has 0 unspecified atom stereocenters. The Kier molecular flexibility index (Phi) is 3.47. The number of benzene rings is 1. The summed E-state index contributed by atoms with van der Waals surface area (Å²) in [7, 11) is -0.839. The van der Waals surface area contributed by atoms with Crippen LogP contribution >= 0.6 is 11.3 Å². The number of hydrogen-bond acceptors (Lipinski definition) is 4. The van der Waals surface area contributed by atoms with Gasteiger partial charge in [0.25, 0.3) is 5.91 Å². The second-order valence-electron chi connectivity index (χ2n) is 4.60. The summed E-state index contributed by atoms with van der Waals surface area (Å²) in [4.78, 5) is 14.5. The number of carbonyl (C=O) groups excluding carboxylic acids is 1. The average Bonchev–Trinajstić information content (AvgIpc) is 2.77. The van der Waals surface area contributed by atoms with Crippen LogP contribution in [0.3, 0.4) is 0 Å². The summed E-state index contributed by atoms with van der Waals surface area (Å²) >= 11 is 1.21. The van der Waals surface area contributed by atoms with Crippen LogP contribution in [-0.2, 0) is 10.8 Å². The summed E-state index contributed by atoms with van der Waals surface area (Å²) in [5.41, 5.74) is 6.15. The van der Waals surface area contributed by atoms with Crippen LogP contribution in [0.5, 0.6) is 0 Å². The van der Waals surface area contributed by atoms with Gasteiger partial charge < -0.3 is 10.6 Å². The molecule has 1 aliphatic rings. The summed E-state index contributed by atoms with van der Waals surface area (Å²) in [6, 6.07) is 4.69. The summed E-state index contributed by atoms with van der Waals surface area (Å²) in [5, 5.41) is 0.321. The van der Waals surface area contributed by atoms with Crippen molar-refractivity contribution >= 4 is 43.8 Å². The fourth-order valence-corrected chi connectivity index (χ4v) is 4.43. The van der Waals surface area contributed by atoms with E-state index in [0.717, 1.165) is 0 Å². The number of carbonyl (C=O) groups is 1. The van der Waals surface area contributed by atoms with E-state index in [4.69, 9.17) is 5.73 Å². The molecule has 106 valence electrons. The van der Waals surface area contributed by atoms with Crippen LogP contribution in [0.25, 0.3) is 10.1 Å². The molecule has 20 heavy (non-hydrogen) atoms.